The molecule has 1 unspecified atom stereocenters. The van der Waals surface area contributed by atoms with Crippen molar-refractivity contribution in [1.29, 1.82) is 0 Å². The van der Waals surface area contributed by atoms with Gasteiger partial charge in [-0.15, -0.1) is 0 Å². The van der Waals surface area contributed by atoms with E-state index in [4.69, 9.17) is 16.7 Å². The monoisotopic (exact) mass is 214 g/mol. The maximum atomic E-state index is 11.6. The Balaban J connectivity index is 3.06. The maximum absolute atomic E-state index is 11.6. The number of benzene rings is 1. The molecule has 1 aromatic rings. The number of phenols is 1. The summed E-state index contributed by atoms with van der Waals surface area (Å²) in [7, 11) is 0. The molecule has 0 radical (unpaired) electrons. The number of aliphatic hydroxyl groups excluding tert-OH is 1. The van der Waals surface area contributed by atoms with Crippen LogP contribution in [0.2, 0.25) is 5.02 Å². The van der Waals surface area contributed by atoms with Crippen LogP contribution in [0.25, 0.3) is 0 Å². The minimum absolute atomic E-state index is 0.111. The molecule has 0 heterocycles. The van der Waals surface area contributed by atoms with Gasteiger partial charge >= 0.3 is 0 Å². The van der Waals surface area contributed by atoms with Gasteiger partial charge in [-0.3, -0.25) is 4.79 Å². The number of phenolic OH excluding ortho intramolecular Hbond substituents is 1. The van der Waals surface area contributed by atoms with Gasteiger partial charge in [-0.05, 0) is 18.2 Å². The number of hydrogen-bond donors (Lipinski definition) is 2. The molecule has 0 saturated heterocycles. The highest BCUT2D eigenvalue weighted by Gasteiger charge is 2.17. The van der Waals surface area contributed by atoms with E-state index in [1.54, 1.807) is 6.92 Å². The van der Waals surface area contributed by atoms with Crippen molar-refractivity contribution >= 4 is 17.4 Å². The van der Waals surface area contributed by atoms with Crippen LogP contribution in [-0.4, -0.2) is 22.6 Å². The first kappa shape index (κ1) is 11.0. The summed E-state index contributed by atoms with van der Waals surface area (Å²) in [4.78, 5) is 11.6. The van der Waals surface area contributed by atoms with Gasteiger partial charge in [-0.1, -0.05) is 18.5 Å². The first-order valence-corrected chi connectivity index (χ1v) is 4.57. The van der Waals surface area contributed by atoms with Gasteiger partial charge in [0.15, 0.2) is 5.78 Å². The Bertz CT molecular complexity index is 349. The molecule has 14 heavy (non-hydrogen) atoms. The fourth-order valence-corrected chi connectivity index (χ4v) is 1.23. The van der Waals surface area contributed by atoms with Crippen LogP contribution in [0.1, 0.15) is 17.3 Å². The van der Waals surface area contributed by atoms with Gasteiger partial charge in [-0.25, -0.2) is 0 Å². The van der Waals surface area contributed by atoms with Crippen LogP contribution in [-0.2, 0) is 0 Å². The Labute approximate surface area is 86.9 Å². The smallest absolute Gasteiger partial charge is 0.171 e. The van der Waals surface area contributed by atoms with E-state index >= 15 is 0 Å². The molecule has 0 saturated carbocycles. The van der Waals surface area contributed by atoms with Crippen LogP contribution < -0.4 is 0 Å². The Morgan fingerprint density at radius 3 is 2.79 bits per heavy atom. The van der Waals surface area contributed by atoms with Crippen molar-refractivity contribution in [3.63, 3.8) is 0 Å². The first-order chi connectivity index (χ1) is 6.56. The SMILES string of the molecule is CC(CO)C(=O)c1cc(Cl)ccc1O. The average Bonchev–Trinajstić information content (AvgIpc) is 2.19. The van der Waals surface area contributed by atoms with Crippen LogP contribution in [0.15, 0.2) is 18.2 Å². The number of Topliss-reactive ketones (excluding diaryl/α,β-unsaturated/α-hetero) is 1. The number of aromatic hydroxyl groups is 1. The molecular formula is C10H11ClO3. The summed E-state index contributed by atoms with van der Waals surface area (Å²) in [6.45, 7) is 1.34. The first-order valence-electron chi connectivity index (χ1n) is 4.20. The van der Waals surface area contributed by atoms with Crippen molar-refractivity contribution < 1.29 is 15.0 Å². The summed E-state index contributed by atoms with van der Waals surface area (Å²) in [5.74, 6) is -0.952. The van der Waals surface area contributed by atoms with Crippen LogP contribution in [0, 0.1) is 5.92 Å². The van der Waals surface area contributed by atoms with Crippen molar-refractivity contribution in [3.05, 3.63) is 28.8 Å². The van der Waals surface area contributed by atoms with Crippen LogP contribution in [0.4, 0.5) is 0 Å². The highest BCUT2D eigenvalue weighted by atomic mass is 35.5. The molecule has 0 spiro atoms. The number of halogens is 1. The van der Waals surface area contributed by atoms with Crippen LogP contribution in [0.5, 0.6) is 5.75 Å². The van der Waals surface area contributed by atoms with Crippen LogP contribution in [0.3, 0.4) is 0 Å². The van der Waals surface area contributed by atoms with Gasteiger partial charge in [0.05, 0.1) is 12.2 Å². The fourth-order valence-electron chi connectivity index (χ4n) is 1.05. The molecule has 0 bridgehead atoms. The Morgan fingerprint density at radius 1 is 1.57 bits per heavy atom. The van der Waals surface area contributed by atoms with E-state index in [1.807, 2.05) is 0 Å². The van der Waals surface area contributed by atoms with E-state index in [2.05, 4.69) is 0 Å². The van der Waals surface area contributed by atoms with Crippen molar-refractivity contribution in [2.75, 3.05) is 6.61 Å². The second kappa shape index (κ2) is 4.44. The molecule has 0 fully saturated rings. The highest BCUT2D eigenvalue weighted by Crippen LogP contribution is 2.23. The zero-order valence-corrected chi connectivity index (χ0v) is 8.45. The van der Waals surface area contributed by atoms with Gasteiger partial charge in [0.25, 0.3) is 0 Å². The van der Waals surface area contributed by atoms with Crippen LogP contribution >= 0.6 is 11.6 Å². The second-order valence-electron chi connectivity index (χ2n) is 3.11. The molecule has 1 aromatic carbocycles. The lowest BCUT2D eigenvalue weighted by molar-refractivity contribution is 0.0875. The van der Waals surface area contributed by atoms with Gasteiger partial charge in [0.2, 0.25) is 0 Å². The summed E-state index contributed by atoms with van der Waals surface area (Å²) >= 11 is 5.68. The summed E-state index contributed by atoms with van der Waals surface area (Å²) in [6.07, 6.45) is 0. The zero-order chi connectivity index (χ0) is 10.7. The lowest BCUT2D eigenvalue weighted by atomic mass is 9.99. The van der Waals surface area contributed by atoms with Gasteiger partial charge in [0, 0.05) is 10.9 Å². The van der Waals surface area contributed by atoms with E-state index in [1.165, 1.54) is 18.2 Å². The second-order valence-corrected chi connectivity index (χ2v) is 3.55. The minimum atomic E-state index is -0.528. The Hall–Kier alpha value is -1.06. The number of carbonyl (C=O) groups excluding carboxylic acids is 1. The Kier molecular flexibility index (Phi) is 3.49. The van der Waals surface area contributed by atoms with Gasteiger partial charge in [-0.2, -0.15) is 0 Å². The largest absolute Gasteiger partial charge is 0.507 e. The van der Waals surface area contributed by atoms with E-state index in [0.717, 1.165) is 0 Å². The summed E-state index contributed by atoms with van der Waals surface area (Å²) in [5, 5.41) is 18.6. The third-order valence-corrected chi connectivity index (χ3v) is 2.18. The normalized spacial score (nSPS) is 12.5. The molecule has 0 aromatic heterocycles. The molecule has 2 N–H and O–H groups in total. The molecule has 0 aliphatic heterocycles. The summed E-state index contributed by atoms with van der Waals surface area (Å²) in [6, 6.07) is 4.25. The highest BCUT2D eigenvalue weighted by molar-refractivity contribution is 6.31. The van der Waals surface area contributed by atoms with Gasteiger partial charge < -0.3 is 10.2 Å². The summed E-state index contributed by atoms with van der Waals surface area (Å²) < 4.78 is 0. The van der Waals surface area contributed by atoms with Crippen molar-refractivity contribution in [1.82, 2.24) is 0 Å². The molecule has 4 heteroatoms. The lowest BCUT2D eigenvalue weighted by Crippen LogP contribution is -2.15. The average molecular weight is 215 g/mol. The number of carbonyl (C=O) groups is 1. The molecule has 1 atom stereocenters. The van der Waals surface area contributed by atoms with E-state index in [9.17, 15) is 9.90 Å². The van der Waals surface area contributed by atoms with E-state index in [-0.39, 0.29) is 23.7 Å². The molecular weight excluding hydrogens is 204 g/mol. The number of hydrogen-bond acceptors (Lipinski definition) is 3. The zero-order valence-electron chi connectivity index (χ0n) is 7.70. The molecule has 3 nitrogen and oxygen atoms in total. The molecule has 0 aliphatic rings. The van der Waals surface area contributed by atoms with Gasteiger partial charge in [0.1, 0.15) is 5.75 Å². The quantitative estimate of drug-likeness (QED) is 0.756. The third kappa shape index (κ3) is 2.25. The number of rotatable bonds is 3. The lowest BCUT2D eigenvalue weighted by Gasteiger charge is -2.08. The van der Waals surface area contributed by atoms with Crippen molar-refractivity contribution in [2.45, 2.75) is 6.92 Å². The number of ketones is 1. The molecule has 1 rings (SSSR count). The van der Waals surface area contributed by atoms with E-state index in [0.29, 0.717) is 5.02 Å². The van der Waals surface area contributed by atoms with Crippen molar-refractivity contribution in [3.8, 4) is 5.75 Å². The predicted octanol–water partition coefficient (Wildman–Crippen LogP) is 1.86. The van der Waals surface area contributed by atoms with Crippen molar-refractivity contribution in [2.24, 2.45) is 5.92 Å². The summed E-state index contributed by atoms with van der Waals surface area (Å²) in [5.41, 5.74) is 0.152. The predicted molar refractivity (Wildman–Crippen MR) is 53.7 cm³/mol. The Morgan fingerprint density at radius 2 is 2.21 bits per heavy atom. The topological polar surface area (TPSA) is 57.5 Å². The fraction of sp³-hybridized carbons (Fsp3) is 0.300. The molecule has 0 amide bonds. The third-order valence-electron chi connectivity index (χ3n) is 1.95. The number of aliphatic hydroxyl groups is 1. The molecule has 76 valence electrons. The maximum Gasteiger partial charge on any atom is 0.171 e. The molecule has 0 aliphatic carbocycles. The minimum Gasteiger partial charge on any atom is -0.507 e. The van der Waals surface area contributed by atoms with E-state index < -0.39 is 5.92 Å². The standard InChI is InChI=1S/C10H11ClO3/c1-6(5-12)10(14)8-4-7(11)2-3-9(8)13/h2-4,6,12-13H,5H2,1H3.